The summed E-state index contributed by atoms with van der Waals surface area (Å²) in [5.74, 6) is 1.06. The van der Waals surface area contributed by atoms with E-state index in [1.807, 2.05) is 0 Å². The lowest BCUT2D eigenvalue weighted by Crippen LogP contribution is -2.32. The van der Waals surface area contributed by atoms with Gasteiger partial charge in [0.25, 0.3) is 0 Å². The summed E-state index contributed by atoms with van der Waals surface area (Å²) < 4.78 is 14.0. The highest BCUT2D eigenvalue weighted by Crippen LogP contribution is 2.39. The summed E-state index contributed by atoms with van der Waals surface area (Å²) in [7, 11) is 0. The van der Waals surface area contributed by atoms with Gasteiger partial charge < -0.3 is 16.4 Å². The molecule has 1 atom stereocenters. The molecule has 0 bridgehead atoms. The zero-order valence-corrected chi connectivity index (χ0v) is 14.3. The molecule has 1 aromatic carbocycles. The number of nitrogen functional groups attached to an aromatic ring is 2. The number of aromatic nitrogens is 2. The summed E-state index contributed by atoms with van der Waals surface area (Å²) in [4.78, 5) is 22.3. The molecular formula is C15H16FN5OS2. The van der Waals surface area contributed by atoms with E-state index in [0.29, 0.717) is 17.3 Å². The molecule has 0 radical (unpaired) electrons. The van der Waals surface area contributed by atoms with Crippen LogP contribution in [0, 0.1) is 5.82 Å². The Hall–Kier alpha value is -2.00. The minimum atomic E-state index is -0.300. The molecule has 3 rings (SSSR count). The quantitative estimate of drug-likeness (QED) is 0.633. The van der Waals surface area contributed by atoms with Crippen molar-refractivity contribution in [1.29, 1.82) is 0 Å². The van der Waals surface area contributed by atoms with E-state index in [0.717, 1.165) is 5.75 Å². The molecule has 126 valence electrons. The van der Waals surface area contributed by atoms with E-state index in [-0.39, 0.29) is 34.5 Å². The van der Waals surface area contributed by atoms with Gasteiger partial charge in [-0.15, -0.1) is 11.8 Å². The zero-order chi connectivity index (χ0) is 17.1. The minimum absolute atomic E-state index is 0.0946. The topological polar surface area (TPSA) is 98.1 Å². The van der Waals surface area contributed by atoms with Crippen LogP contribution in [0.1, 0.15) is 10.9 Å². The van der Waals surface area contributed by atoms with E-state index in [9.17, 15) is 9.18 Å². The Kier molecular flexibility index (Phi) is 5.10. The lowest BCUT2D eigenvalue weighted by molar-refractivity contribution is -0.128. The molecule has 0 saturated carbocycles. The van der Waals surface area contributed by atoms with Gasteiger partial charge in [0.2, 0.25) is 5.91 Å². The molecular weight excluding hydrogens is 349 g/mol. The lowest BCUT2D eigenvalue weighted by Gasteiger charge is -2.24. The van der Waals surface area contributed by atoms with Gasteiger partial charge in [-0.25, -0.2) is 14.4 Å². The summed E-state index contributed by atoms with van der Waals surface area (Å²) in [6, 6.07) is 8.00. The summed E-state index contributed by atoms with van der Waals surface area (Å²) in [6.45, 7) is 0.586. The van der Waals surface area contributed by atoms with Crippen molar-refractivity contribution in [3.8, 4) is 0 Å². The summed E-state index contributed by atoms with van der Waals surface area (Å²) >= 11 is 2.73. The van der Waals surface area contributed by atoms with Gasteiger partial charge >= 0.3 is 0 Å². The van der Waals surface area contributed by atoms with Crippen molar-refractivity contribution in [2.24, 2.45) is 0 Å². The molecule has 1 aliphatic rings. The van der Waals surface area contributed by atoms with E-state index in [4.69, 9.17) is 11.5 Å². The highest BCUT2D eigenvalue weighted by Gasteiger charge is 2.32. The van der Waals surface area contributed by atoms with E-state index in [1.54, 1.807) is 34.9 Å². The third-order valence-electron chi connectivity index (χ3n) is 3.45. The standard InChI is InChI=1S/C15H16FN5OS2/c16-10-4-2-1-3-9(10)14-21(5-6-23-14)13(22)8-24-15-19-11(17)7-12(18)20-15/h1-4,7,14H,5-6,8H2,(H4,17,18,19,20)/t14-/m1/s1. The molecule has 2 aromatic rings. The summed E-state index contributed by atoms with van der Waals surface area (Å²) in [5.41, 5.74) is 11.8. The first-order valence-corrected chi connectivity index (χ1v) is 9.26. The maximum absolute atomic E-state index is 14.0. The average Bonchev–Trinajstić information content (AvgIpc) is 3.01. The third-order valence-corrected chi connectivity index (χ3v) is 5.53. The predicted octanol–water partition coefficient (Wildman–Crippen LogP) is 2.15. The fourth-order valence-electron chi connectivity index (χ4n) is 2.39. The van der Waals surface area contributed by atoms with E-state index in [1.165, 1.54) is 23.9 Å². The monoisotopic (exact) mass is 365 g/mol. The van der Waals surface area contributed by atoms with Gasteiger partial charge in [-0.2, -0.15) is 0 Å². The first-order chi connectivity index (χ1) is 11.5. The zero-order valence-electron chi connectivity index (χ0n) is 12.7. The Labute approximate surface area is 147 Å². The van der Waals surface area contributed by atoms with Crippen molar-refractivity contribution >= 4 is 41.1 Å². The second kappa shape index (κ2) is 7.27. The van der Waals surface area contributed by atoms with Crippen LogP contribution in [0.3, 0.4) is 0 Å². The van der Waals surface area contributed by atoms with Crippen molar-refractivity contribution < 1.29 is 9.18 Å². The SMILES string of the molecule is Nc1cc(N)nc(SCC(=O)N2CCS[C@@H]2c2ccccc2F)n1. The molecule has 24 heavy (non-hydrogen) atoms. The van der Waals surface area contributed by atoms with Gasteiger partial charge in [-0.1, -0.05) is 30.0 Å². The number of hydrogen-bond donors (Lipinski definition) is 2. The number of anilines is 2. The van der Waals surface area contributed by atoms with Gasteiger partial charge in [0.15, 0.2) is 5.16 Å². The van der Waals surface area contributed by atoms with Gasteiger partial charge in [-0.05, 0) is 6.07 Å². The molecule has 4 N–H and O–H groups in total. The molecule has 9 heteroatoms. The van der Waals surface area contributed by atoms with E-state index >= 15 is 0 Å². The Morgan fingerprint density at radius 2 is 2.04 bits per heavy atom. The number of carbonyl (C=O) groups excluding carboxylic acids is 1. The van der Waals surface area contributed by atoms with Crippen molar-refractivity contribution in [1.82, 2.24) is 14.9 Å². The Morgan fingerprint density at radius 3 is 2.75 bits per heavy atom. The van der Waals surface area contributed by atoms with Crippen LogP contribution in [-0.2, 0) is 4.79 Å². The Balaban J connectivity index is 1.69. The molecule has 1 saturated heterocycles. The van der Waals surface area contributed by atoms with Gasteiger partial charge in [0, 0.05) is 23.9 Å². The van der Waals surface area contributed by atoms with Gasteiger partial charge in [0.1, 0.15) is 22.8 Å². The number of carbonyl (C=O) groups is 1. The molecule has 0 aliphatic carbocycles. The van der Waals surface area contributed by atoms with Crippen molar-refractivity contribution in [3.63, 3.8) is 0 Å². The van der Waals surface area contributed by atoms with Crippen LogP contribution in [0.2, 0.25) is 0 Å². The molecule has 0 unspecified atom stereocenters. The summed E-state index contributed by atoms with van der Waals surface area (Å²) in [5, 5.41) is 0.0567. The normalized spacial score (nSPS) is 17.2. The van der Waals surface area contributed by atoms with E-state index in [2.05, 4.69) is 9.97 Å². The molecule has 0 spiro atoms. The van der Waals surface area contributed by atoms with Crippen LogP contribution in [0.25, 0.3) is 0 Å². The second-order valence-electron chi connectivity index (χ2n) is 5.12. The Morgan fingerprint density at radius 1 is 1.33 bits per heavy atom. The smallest absolute Gasteiger partial charge is 0.234 e. The number of hydrogen-bond acceptors (Lipinski definition) is 7. The number of halogens is 1. The van der Waals surface area contributed by atoms with Crippen LogP contribution in [0.5, 0.6) is 0 Å². The van der Waals surface area contributed by atoms with Crippen LogP contribution in [0.4, 0.5) is 16.0 Å². The molecule has 6 nitrogen and oxygen atoms in total. The van der Waals surface area contributed by atoms with Crippen molar-refractivity contribution in [2.75, 3.05) is 29.5 Å². The number of benzene rings is 1. The first kappa shape index (κ1) is 16.8. The molecule has 1 aliphatic heterocycles. The molecule has 1 fully saturated rings. The largest absolute Gasteiger partial charge is 0.383 e. The first-order valence-electron chi connectivity index (χ1n) is 7.23. The van der Waals surface area contributed by atoms with Crippen molar-refractivity contribution in [2.45, 2.75) is 10.5 Å². The maximum Gasteiger partial charge on any atom is 0.234 e. The Bertz CT molecular complexity index is 740. The second-order valence-corrected chi connectivity index (χ2v) is 7.25. The number of rotatable bonds is 4. The predicted molar refractivity (Wildman–Crippen MR) is 94.9 cm³/mol. The van der Waals surface area contributed by atoms with Crippen LogP contribution in [-0.4, -0.2) is 38.8 Å². The van der Waals surface area contributed by atoms with Crippen LogP contribution < -0.4 is 11.5 Å². The van der Waals surface area contributed by atoms with Crippen molar-refractivity contribution in [3.05, 3.63) is 41.7 Å². The van der Waals surface area contributed by atoms with Crippen LogP contribution in [0.15, 0.2) is 35.5 Å². The number of thioether (sulfide) groups is 2. The molecule has 2 heterocycles. The van der Waals surface area contributed by atoms with Gasteiger partial charge in [0.05, 0.1) is 5.75 Å². The third kappa shape index (κ3) is 3.73. The molecule has 1 aromatic heterocycles. The number of amides is 1. The number of nitrogens with two attached hydrogens (primary N) is 2. The fraction of sp³-hybridized carbons (Fsp3) is 0.267. The maximum atomic E-state index is 14.0. The van der Waals surface area contributed by atoms with Crippen LogP contribution >= 0.6 is 23.5 Å². The van der Waals surface area contributed by atoms with Gasteiger partial charge in [-0.3, -0.25) is 4.79 Å². The van der Waals surface area contributed by atoms with E-state index < -0.39 is 0 Å². The average molecular weight is 365 g/mol. The summed E-state index contributed by atoms with van der Waals surface area (Å²) in [6.07, 6.45) is 0. The lowest BCUT2D eigenvalue weighted by atomic mass is 10.2. The molecule has 1 amide bonds. The fourth-order valence-corrected chi connectivity index (χ4v) is 4.45. The highest BCUT2D eigenvalue weighted by atomic mass is 32.2. The minimum Gasteiger partial charge on any atom is -0.383 e. The highest BCUT2D eigenvalue weighted by molar-refractivity contribution is 8.00. The number of nitrogens with zero attached hydrogens (tertiary/aromatic N) is 3.